The average Bonchev–Trinajstić information content (AvgIpc) is 2.78. The zero-order valence-corrected chi connectivity index (χ0v) is 18.1. The number of carbonyl (C=O) groups excluding carboxylic acids is 2. The van der Waals surface area contributed by atoms with Gasteiger partial charge in [-0.3, -0.25) is 9.59 Å². The Morgan fingerprint density at radius 1 is 1.03 bits per heavy atom. The Labute approximate surface area is 184 Å². The lowest BCUT2D eigenvalue weighted by Gasteiger charge is -2.22. The van der Waals surface area contributed by atoms with Crippen molar-refractivity contribution in [2.75, 3.05) is 23.8 Å². The van der Waals surface area contributed by atoms with Crippen LogP contribution < -0.4 is 20.7 Å². The van der Waals surface area contributed by atoms with Gasteiger partial charge in [0.15, 0.2) is 0 Å². The average molecular weight is 422 g/mol. The maximum atomic E-state index is 12.4. The zero-order chi connectivity index (χ0) is 22.1. The number of rotatable bonds is 9. The number of nitrogens with one attached hydrogen (secondary N) is 3. The highest BCUT2D eigenvalue weighted by Gasteiger charge is 2.16. The van der Waals surface area contributed by atoms with Crippen LogP contribution in [0.3, 0.4) is 0 Å². The smallest absolute Gasteiger partial charge is 0.251 e. The Hall–Kier alpha value is -3.28. The number of ether oxygens (including phenoxy) is 1. The molecular weight excluding hydrogens is 390 g/mol. The van der Waals surface area contributed by atoms with E-state index in [4.69, 9.17) is 4.74 Å². The zero-order valence-electron chi connectivity index (χ0n) is 18.1. The summed E-state index contributed by atoms with van der Waals surface area (Å²) in [6, 6.07) is 14.7. The third kappa shape index (κ3) is 7.48. The quantitative estimate of drug-likeness (QED) is 0.510. The summed E-state index contributed by atoms with van der Waals surface area (Å²) in [6.07, 6.45) is 5.71. The molecule has 3 rings (SSSR count). The maximum absolute atomic E-state index is 12.4. The minimum absolute atomic E-state index is 0.0554. The molecule has 0 radical (unpaired) electrons. The Bertz CT molecular complexity index is 902. The van der Waals surface area contributed by atoms with Crippen LogP contribution in [0.15, 0.2) is 60.7 Å². The van der Waals surface area contributed by atoms with Crippen molar-refractivity contribution >= 4 is 23.2 Å². The largest absolute Gasteiger partial charge is 0.489 e. The molecule has 1 fully saturated rings. The molecule has 1 saturated carbocycles. The summed E-state index contributed by atoms with van der Waals surface area (Å²) in [6.45, 7) is 6.30. The summed E-state index contributed by atoms with van der Waals surface area (Å²) in [7, 11) is 0. The normalized spacial score (nSPS) is 13.8. The Morgan fingerprint density at radius 2 is 1.77 bits per heavy atom. The van der Waals surface area contributed by atoms with E-state index >= 15 is 0 Å². The predicted octanol–water partition coefficient (Wildman–Crippen LogP) is 4.75. The van der Waals surface area contributed by atoms with E-state index in [0.717, 1.165) is 29.9 Å². The van der Waals surface area contributed by atoms with Crippen LogP contribution in [-0.2, 0) is 4.79 Å². The summed E-state index contributed by atoms with van der Waals surface area (Å²) in [5, 5.41) is 9.03. The van der Waals surface area contributed by atoms with Crippen LogP contribution in [0, 0.1) is 0 Å². The van der Waals surface area contributed by atoms with Crippen molar-refractivity contribution < 1.29 is 14.3 Å². The third-order valence-electron chi connectivity index (χ3n) is 5.14. The van der Waals surface area contributed by atoms with Crippen LogP contribution in [0.5, 0.6) is 5.75 Å². The molecule has 2 aromatic rings. The van der Waals surface area contributed by atoms with Crippen LogP contribution in [0.1, 0.15) is 49.4 Å². The fraction of sp³-hybridized carbons (Fsp3) is 0.360. The van der Waals surface area contributed by atoms with E-state index in [1.165, 1.54) is 19.3 Å². The highest BCUT2D eigenvalue weighted by Crippen LogP contribution is 2.19. The second kappa shape index (κ2) is 11.2. The van der Waals surface area contributed by atoms with Gasteiger partial charge in [-0.05, 0) is 61.7 Å². The number of amides is 2. The molecule has 2 aromatic carbocycles. The molecule has 0 heterocycles. The summed E-state index contributed by atoms with van der Waals surface area (Å²) < 4.78 is 5.62. The van der Waals surface area contributed by atoms with Crippen molar-refractivity contribution in [1.82, 2.24) is 5.32 Å². The Morgan fingerprint density at radius 3 is 2.48 bits per heavy atom. The molecule has 0 unspecified atom stereocenters. The molecule has 0 bridgehead atoms. The van der Waals surface area contributed by atoms with Gasteiger partial charge in [0.25, 0.3) is 5.91 Å². The highest BCUT2D eigenvalue weighted by molar-refractivity contribution is 5.96. The summed E-state index contributed by atoms with van der Waals surface area (Å²) in [5.41, 5.74) is 2.99. The third-order valence-corrected chi connectivity index (χ3v) is 5.14. The van der Waals surface area contributed by atoms with Gasteiger partial charge in [0, 0.05) is 29.0 Å². The van der Waals surface area contributed by atoms with Gasteiger partial charge in [-0.2, -0.15) is 0 Å². The van der Waals surface area contributed by atoms with Gasteiger partial charge in [0.1, 0.15) is 12.4 Å². The maximum Gasteiger partial charge on any atom is 0.251 e. The van der Waals surface area contributed by atoms with Crippen LogP contribution in [0.2, 0.25) is 0 Å². The van der Waals surface area contributed by atoms with E-state index in [2.05, 4.69) is 22.5 Å². The summed E-state index contributed by atoms with van der Waals surface area (Å²) in [4.78, 5) is 24.7. The molecular formula is C25H31N3O3. The van der Waals surface area contributed by atoms with Crippen molar-refractivity contribution in [3.8, 4) is 5.75 Å². The van der Waals surface area contributed by atoms with E-state index in [-0.39, 0.29) is 24.4 Å². The minimum atomic E-state index is -0.173. The minimum Gasteiger partial charge on any atom is -0.489 e. The lowest BCUT2D eigenvalue weighted by atomic mass is 9.95. The number of hydrogen-bond donors (Lipinski definition) is 3. The van der Waals surface area contributed by atoms with Crippen LogP contribution >= 0.6 is 0 Å². The number of hydrogen-bond acceptors (Lipinski definition) is 4. The van der Waals surface area contributed by atoms with Crippen molar-refractivity contribution in [3.05, 3.63) is 66.2 Å². The predicted molar refractivity (Wildman–Crippen MR) is 125 cm³/mol. The van der Waals surface area contributed by atoms with Crippen LogP contribution in [-0.4, -0.2) is 31.0 Å². The first kappa shape index (κ1) is 22.4. The molecule has 3 N–H and O–H groups in total. The topological polar surface area (TPSA) is 79.5 Å². The lowest BCUT2D eigenvalue weighted by molar-refractivity contribution is -0.114. The molecule has 2 amide bonds. The van der Waals surface area contributed by atoms with E-state index in [9.17, 15) is 9.59 Å². The molecule has 0 aromatic heterocycles. The van der Waals surface area contributed by atoms with Crippen LogP contribution in [0.4, 0.5) is 11.4 Å². The molecule has 164 valence electrons. The van der Waals surface area contributed by atoms with Gasteiger partial charge >= 0.3 is 0 Å². The van der Waals surface area contributed by atoms with Gasteiger partial charge in [0.05, 0.1) is 6.54 Å². The Kier molecular flexibility index (Phi) is 8.10. The van der Waals surface area contributed by atoms with Gasteiger partial charge in [-0.15, -0.1) is 0 Å². The van der Waals surface area contributed by atoms with Crippen molar-refractivity contribution in [2.24, 2.45) is 0 Å². The molecule has 0 spiro atoms. The van der Waals surface area contributed by atoms with Crippen LogP contribution in [0.25, 0.3) is 0 Å². The monoisotopic (exact) mass is 421 g/mol. The number of anilines is 2. The first-order valence-electron chi connectivity index (χ1n) is 10.8. The molecule has 31 heavy (non-hydrogen) atoms. The first-order chi connectivity index (χ1) is 15.0. The van der Waals surface area contributed by atoms with Gasteiger partial charge in [-0.25, -0.2) is 0 Å². The fourth-order valence-corrected chi connectivity index (χ4v) is 3.51. The van der Waals surface area contributed by atoms with Gasteiger partial charge in [-0.1, -0.05) is 31.9 Å². The first-order valence-corrected chi connectivity index (χ1v) is 10.8. The molecule has 6 heteroatoms. The standard InChI is InChI=1S/C25H31N3O3/c1-18(2)17-31-23-10-6-9-22(15-23)26-16-24(29)27-21-13-11-19(12-14-21)25(30)28-20-7-4-3-5-8-20/h6,9-15,20,26H,1,3-5,7-8,16-17H2,2H3,(H,27,29)(H,28,30). The Balaban J connectivity index is 1.45. The van der Waals surface area contributed by atoms with Gasteiger partial charge < -0.3 is 20.7 Å². The summed E-state index contributed by atoms with van der Waals surface area (Å²) >= 11 is 0. The SMILES string of the molecule is C=C(C)COc1cccc(NCC(=O)Nc2ccc(C(=O)NC3CCCCC3)cc2)c1. The molecule has 1 aliphatic rings. The number of benzene rings is 2. The molecule has 0 aliphatic heterocycles. The second-order valence-electron chi connectivity index (χ2n) is 8.06. The van der Waals surface area contributed by atoms with Crippen molar-refractivity contribution in [3.63, 3.8) is 0 Å². The molecule has 6 nitrogen and oxygen atoms in total. The van der Waals surface area contributed by atoms with E-state index < -0.39 is 0 Å². The summed E-state index contributed by atoms with van der Waals surface area (Å²) in [5.74, 6) is 0.489. The second-order valence-corrected chi connectivity index (χ2v) is 8.06. The molecule has 1 aliphatic carbocycles. The lowest BCUT2D eigenvalue weighted by Crippen LogP contribution is -2.36. The van der Waals surface area contributed by atoms with E-state index in [1.54, 1.807) is 24.3 Å². The van der Waals surface area contributed by atoms with Crippen molar-refractivity contribution in [2.45, 2.75) is 45.1 Å². The molecule has 0 atom stereocenters. The number of carbonyl (C=O) groups is 2. The van der Waals surface area contributed by atoms with Gasteiger partial charge in [0.2, 0.25) is 5.91 Å². The van der Waals surface area contributed by atoms with E-state index in [1.807, 2.05) is 31.2 Å². The van der Waals surface area contributed by atoms with Crippen molar-refractivity contribution in [1.29, 1.82) is 0 Å². The molecule has 0 saturated heterocycles. The van der Waals surface area contributed by atoms with E-state index in [0.29, 0.717) is 17.9 Å². The fourth-order valence-electron chi connectivity index (χ4n) is 3.51. The highest BCUT2D eigenvalue weighted by atomic mass is 16.5.